The van der Waals surface area contributed by atoms with Gasteiger partial charge in [0, 0.05) is 13.2 Å². The number of hydrogen-bond acceptors (Lipinski definition) is 3. The van der Waals surface area contributed by atoms with E-state index in [1.54, 1.807) is 0 Å². The molecule has 2 atom stereocenters. The molecule has 104 valence electrons. The van der Waals surface area contributed by atoms with Crippen molar-refractivity contribution in [2.45, 2.75) is 58.7 Å². The van der Waals surface area contributed by atoms with E-state index >= 15 is 0 Å². The van der Waals surface area contributed by atoms with Crippen LogP contribution in [0.5, 0.6) is 0 Å². The maximum absolute atomic E-state index is 6.37. The van der Waals surface area contributed by atoms with Gasteiger partial charge in [0.15, 0.2) is 0 Å². The molecule has 4 nitrogen and oxygen atoms in total. The monoisotopic (exact) mass is 317 g/mol. The van der Waals surface area contributed by atoms with E-state index < -0.39 is 0 Å². The lowest BCUT2D eigenvalue weighted by Gasteiger charge is -2.24. The molecule has 0 saturated carbocycles. The average molecular weight is 318 g/mol. The zero-order chi connectivity index (χ0) is 13.5. The molecule has 18 heavy (non-hydrogen) atoms. The van der Waals surface area contributed by atoms with Crippen LogP contribution in [0, 0.1) is 0 Å². The molecule has 0 amide bonds. The predicted molar refractivity (Wildman–Crippen MR) is 77.5 cm³/mol. The number of nitrogens with zero attached hydrogens (tertiary/aromatic N) is 2. The molecule has 0 aromatic carbocycles. The summed E-state index contributed by atoms with van der Waals surface area (Å²) in [5, 5.41) is 4.36. The zero-order valence-electron chi connectivity index (χ0n) is 11.5. The molecule has 0 radical (unpaired) electrons. The molecular formula is C13H24BrN3O. The van der Waals surface area contributed by atoms with Crippen LogP contribution in [-0.4, -0.2) is 22.5 Å². The highest BCUT2D eigenvalue weighted by Crippen LogP contribution is 2.27. The van der Waals surface area contributed by atoms with E-state index in [9.17, 15) is 0 Å². The molecule has 2 unspecified atom stereocenters. The van der Waals surface area contributed by atoms with Crippen LogP contribution < -0.4 is 5.73 Å². The number of ether oxygens (including phenoxy) is 1. The van der Waals surface area contributed by atoms with Crippen LogP contribution in [0.3, 0.4) is 0 Å². The molecule has 0 aliphatic rings. The minimum atomic E-state index is -0.131. The Balaban J connectivity index is 2.91. The Labute approximate surface area is 118 Å². The van der Waals surface area contributed by atoms with Crippen LogP contribution in [0.4, 0.5) is 0 Å². The molecular weight excluding hydrogens is 294 g/mol. The predicted octanol–water partition coefficient (Wildman–Crippen LogP) is 3.26. The lowest BCUT2D eigenvalue weighted by molar-refractivity contribution is 0.0352. The molecule has 0 aliphatic heterocycles. The lowest BCUT2D eigenvalue weighted by atomic mass is 10.0. The maximum Gasteiger partial charge on any atom is 0.0783 e. The van der Waals surface area contributed by atoms with Gasteiger partial charge in [-0.2, -0.15) is 5.10 Å². The number of nitrogens with two attached hydrogens (primary N) is 1. The van der Waals surface area contributed by atoms with E-state index in [0.717, 1.165) is 36.0 Å². The van der Waals surface area contributed by atoms with Crippen LogP contribution in [0.25, 0.3) is 0 Å². The highest BCUT2D eigenvalue weighted by molar-refractivity contribution is 9.10. The summed E-state index contributed by atoms with van der Waals surface area (Å²) in [6, 6.07) is -0.131. The minimum Gasteiger partial charge on any atom is -0.376 e. The molecule has 0 aliphatic carbocycles. The van der Waals surface area contributed by atoms with Crippen LogP contribution in [-0.2, 0) is 11.3 Å². The van der Waals surface area contributed by atoms with Gasteiger partial charge in [0.1, 0.15) is 0 Å². The highest BCUT2D eigenvalue weighted by Gasteiger charge is 2.24. The van der Waals surface area contributed by atoms with E-state index in [-0.39, 0.29) is 12.1 Å². The molecule has 5 heteroatoms. The lowest BCUT2D eigenvalue weighted by Crippen LogP contribution is -2.31. The molecule has 1 aromatic heterocycles. The van der Waals surface area contributed by atoms with E-state index in [1.807, 2.05) is 17.8 Å². The largest absolute Gasteiger partial charge is 0.376 e. The van der Waals surface area contributed by atoms with Crippen molar-refractivity contribution in [1.82, 2.24) is 9.78 Å². The highest BCUT2D eigenvalue weighted by atomic mass is 79.9. The second kappa shape index (κ2) is 7.92. The molecule has 2 N–H and O–H groups in total. The molecule has 0 saturated heterocycles. The fourth-order valence-electron chi connectivity index (χ4n) is 2.13. The van der Waals surface area contributed by atoms with Crippen molar-refractivity contribution >= 4 is 15.9 Å². The first-order valence-electron chi connectivity index (χ1n) is 6.73. The standard InChI is InChI=1S/C13H24BrN3O/c1-4-7-11(18-6-3)12(15)13-10(14)9-16-17(13)8-5-2/h9,11-12H,4-8,15H2,1-3H3. The zero-order valence-corrected chi connectivity index (χ0v) is 13.1. The summed E-state index contributed by atoms with van der Waals surface area (Å²) >= 11 is 3.54. The summed E-state index contributed by atoms with van der Waals surface area (Å²) in [6.45, 7) is 7.87. The number of halogens is 1. The van der Waals surface area contributed by atoms with Gasteiger partial charge in [0.2, 0.25) is 0 Å². The summed E-state index contributed by atoms with van der Waals surface area (Å²) in [6.07, 6.45) is 4.96. The van der Waals surface area contributed by atoms with Gasteiger partial charge in [-0.25, -0.2) is 0 Å². The minimum absolute atomic E-state index is 0.0589. The van der Waals surface area contributed by atoms with E-state index in [4.69, 9.17) is 10.5 Å². The van der Waals surface area contributed by atoms with Crippen molar-refractivity contribution in [1.29, 1.82) is 0 Å². The first-order valence-corrected chi connectivity index (χ1v) is 7.53. The topological polar surface area (TPSA) is 53.1 Å². The van der Waals surface area contributed by atoms with Crippen LogP contribution in [0.15, 0.2) is 10.7 Å². The van der Waals surface area contributed by atoms with Crippen molar-refractivity contribution in [3.05, 3.63) is 16.4 Å². The number of rotatable bonds is 8. The van der Waals surface area contributed by atoms with Crippen LogP contribution >= 0.6 is 15.9 Å². The summed E-state index contributed by atoms with van der Waals surface area (Å²) in [7, 11) is 0. The normalized spacial score (nSPS) is 14.7. The Bertz CT molecular complexity index is 348. The van der Waals surface area contributed by atoms with Crippen molar-refractivity contribution < 1.29 is 4.74 Å². The quantitative estimate of drug-likeness (QED) is 0.800. The van der Waals surface area contributed by atoms with Crippen molar-refractivity contribution in [3.8, 4) is 0 Å². The molecule has 1 rings (SSSR count). The van der Waals surface area contributed by atoms with E-state index in [2.05, 4.69) is 34.9 Å². The fraction of sp³-hybridized carbons (Fsp3) is 0.769. The summed E-state index contributed by atoms with van der Waals surface area (Å²) < 4.78 is 8.73. The molecule has 1 heterocycles. The first kappa shape index (κ1) is 15.7. The average Bonchev–Trinajstić information content (AvgIpc) is 2.70. The van der Waals surface area contributed by atoms with Gasteiger partial charge in [0.25, 0.3) is 0 Å². The smallest absolute Gasteiger partial charge is 0.0783 e. The summed E-state index contributed by atoms with van der Waals surface area (Å²) in [4.78, 5) is 0. The van der Waals surface area contributed by atoms with Crippen molar-refractivity contribution in [2.75, 3.05) is 6.61 Å². The molecule has 0 fully saturated rings. The number of aryl methyl sites for hydroxylation is 1. The van der Waals surface area contributed by atoms with Crippen molar-refractivity contribution in [3.63, 3.8) is 0 Å². The Hall–Kier alpha value is -0.390. The van der Waals surface area contributed by atoms with Crippen LogP contribution in [0.1, 0.15) is 51.8 Å². The Morgan fingerprint density at radius 3 is 2.67 bits per heavy atom. The van der Waals surface area contributed by atoms with Gasteiger partial charge >= 0.3 is 0 Å². The number of aromatic nitrogens is 2. The third kappa shape index (κ3) is 3.80. The van der Waals surface area contributed by atoms with Gasteiger partial charge < -0.3 is 10.5 Å². The second-order valence-electron chi connectivity index (χ2n) is 4.41. The molecule has 0 bridgehead atoms. The third-order valence-corrected chi connectivity index (χ3v) is 3.55. The van der Waals surface area contributed by atoms with E-state index in [1.165, 1.54) is 0 Å². The van der Waals surface area contributed by atoms with Gasteiger partial charge in [-0.3, -0.25) is 4.68 Å². The Morgan fingerprint density at radius 2 is 2.11 bits per heavy atom. The first-order chi connectivity index (χ1) is 8.65. The Morgan fingerprint density at radius 1 is 1.39 bits per heavy atom. The third-order valence-electron chi connectivity index (χ3n) is 2.94. The SMILES string of the molecule is CCCC(OCC)C(N)c1c(Br)cnn1CCC. The summed E-state index contributed by atoms with van der Waals surface area (Å²) in [5.41, 5.74) is 7.42. The second-order valence-corrected chi connectivity index (χ2v) is 5.26. The Kier molecular flexibility index (Phi) is 6.89. The fourth-order valence-corrected chi connectivity index (χ4v) is 2.70. The van der Waals surface area contributed by atoms with Gasteiger partial charge in [-0.1, -0.05) is 20.3 Å². The van der Waals surface area contributed by atoms with Gasteiger partial charge in [-0.05, 0) is 35.7 Å². The maximum atomic E-state index is 6.37. The number of hydrogen-bond donors (Lipinski definition) is 1. The van der Waals surface area contributed by atoms with Gasteiger partial charge in [0.05, 0.1) is 28.5 Å². The molecule has 1 aromatic rings. The van der Waals surface area contributed by atoms with Crippen LogP contribution in [0.2, 0.25) is 0 Å². The van der Waals surface area contributed by atoms with E-state index in [0.29, 0.717) is 6.61 Å². The van der Waals surface area contributed by atoms with Crippen molar-refractivity contribution in [2.24, 2.45) is 5.73 Å². The molecule has 0 spiro atoms. The summed E-state index contributed by atoms with van der Waals surface area (Å²) in [5.74, 6) is 0. The van der Waals surface area contributed by atoms with Gasteiger partial charge in [-0.15, -0.1) is 0 Å².